The molecule has 2 unspecified atom stereocenters. The number of nitrogens with zero attached hydrogens (tertiary/aromatic N) is 2. The van der Waals surface area contributed by atoms with Gasteiger partial charge in [0.15, 0.2) is 0 Å². The fourth-order valence-corrected chi connectivity index (χ4v) is 3.33. The summed E-state index contributed by atoms with van der Waals surface area (Å²) in [6.07, 6.45) is 9.60. The molecule has 0 amide bonds. The summed E-state index contributed by atoms with van der Waals surface area (Å²) in [7, 11) is 0. The lowest BCUT2D eigenvalue weighted by molar-refractivity contribution is 0.390. The van der Waals surface area contributed by atoms with Crippen molar-refractivity contribution in [2.45, 2.75) is 44.8 Å². The Kier molecular flexibility index (Phi) is 4.08. The van der Waals surface area contributed by atoms with Crippen molar-refractivity contribution < 1.29 is 0 Å². The maximum atomic E-state index is 6.00. The molecule has 0 aliphatic heterocycles. The molecule has 3 nitrogen and oxygen atoms in total. The van der Waals surface area contributed by atoms with Crippen LogP contribution in [0.15, 0.2) is 36.9 Å². The summed E-state index contributed by atoms with van der Waals surface area (Å²) in [6.45, 7) is 3.02. The highest BCUT2D eigenvalue weighted by Crippen LogP contribution is 2.30. The lowest BCUT2D eigenvalue weighted by Gasteiger charge is -2.22. The quantitative estimate of drug-likeness (QED) is 0.929. The second-order valence-corrected chi connectivity index (χ2v) is 6.00. The van der Waals surface area contributed by atoms with Crippen LogP contribution in [0, 0.1) is 6.92 Å². The van der Waals surface area contributed by atoms with Crippen LogP contribution in [-0.4, -0.2) is 15.6 Å². The van der Waals surface area contributed by atoms with E-state index in [-0.39, 0.29) is 0 Å². The molecule has 20 heavy (non-hydrogen) atoms. The van der Waals surface area contributed by atoms with E-state index in [4.69, 9.17) is 11.6 Å². The molecule has 106 valence electrons. The number of rotatable bonds is 4. The minimum absolute atomic E-state index is 0.527. The summed E-state index contributed by atoms with van der Waals surface area (Å²) < 4.78 is 2.24. The molecule has 0 spiro atoms. The van der Waals surface area contributed by atoms with E-state index in [0.29, 0.717) is 12.1 Å². The summed E-state index contributed by atoms with van der Waals surface area (Å²) in [5.41, 5.74) is 2.58. The average Bonchev–Trinajstić information content (AvgIpc) is 3.08. The van der Waals surface area contributed by atoms with Gasteiger partial charge in [-0.25, -0.2) is 4.98 Å². The van der Waals surface area contributed by atoms with Gasteiger partial charge in [-0.15, -0.1) is 0 Å². The first-order chi connectivity index (χ1) is 9.74. The van der Waals surface area contributed by atoms with Crippen LogP contribution in [-0.2, 0) is 6.54 Å². The van der Waals surface area contributed by atoms with Gasteiger partial charge in [0.1, 0.15) is 0 Å². The molecule has 4 heteroatoms. The predicted octanol–water partition coefficient (Wildman–Crippen LogP) is 3.73. The van der Waals surface area contributed by atoms with E-state index < -0.39 is 0 Å². The fraction of sp³-hybridized carbons (Fsp3) is 0.438. The van der Waals surface area contributed by atoms with E-state index in [0.717, 1.165) is 11.6 Å². The van der Waals surface area contributed by atoms with Crippen molar-refractivity contribution in [1.29, 1.82) is 0 Å². The fourth-order valence-electron chi connectivity index (χ4n) is 3.10. The van der Waals surface area contributed by atoms with E-state index in [1.807, 2.05) is 24.7 Å². The summed E-state index contributed by atoms with van der Waals surface area (Å²) in [6, 6.07) is 7.17. The van der Waals surface area contributed by atoms with E-state index in [9.17, 15) is 0 Å². The van der Waals surface area contributed by atoms with Gasteiger partial charge < -0.3 is 9.88 Å². The Morgan fingerprint density at radius 1 is 1.40 bits per heavy atom. The molecular formula is C16H20ClN3. The van der Waals surface area contributed by atoms with Gasteiger partial charge in [-0.1, -0.05) is 17.7 Å². The van der Waals surface area contributed by atoms with Crippen LogP contribution in [0.1, 0.15) is 36.4 Å². The van der Waals surface area contributed by atoms with Crippen molar-refractivity contribution in [3.8, 4) is 0 Å². The largest absolute Gasteiger partial charge is 0.333 e. The molecule has 2 atom stereocenters. The molecular weight excluding hydrogens is 270 g/mol. The molecule has 0 bridgehead atoms. The molecule has 1 heterocycles. The Hall–Kier alpha value is -1.32. The molecule has 0 radical (unpaired) electrons. The van der Waals surface area contributed by atoms with Gasteiger partial charge in [0, 0.05) is 36.0 Å². The first-order valence-electron chi connectivity index (χ1n) is 7.20. The van der Waals surface area contributed by atoms with Crippen LogP contribution in [0.3, 0.4) is 0 Å². The van der Waals surface area contributed by atoms with Crippen molar-refractivity contribution in [2.75, 3.05) is 0 Å². The van der Waals surface area contributed by atoms with Gasteiger partial charge in [0.05, 0.1) is 6.33 Å². The number of imidazole rings is 1. The number of aromatic nitrogens is 2. The van der Waals surface area contributed by atoms with Crippen molar-refractivity contribution in [1.82, 2.24) is 14.9 Å². The van der Waals surface area contributed by atoms with E-state index in [1.54, 1.807) is 0 Å². The van der Waals surface area contributed by atoms with E-state index >= 15 is 0 Å². The average molecular weight is 290 g/mol. The monoisotopic (exact) mass is 289 g/mol. The number of aryl methyl sites for hydroxylation is 1. The van der Waals surface area contributed by atoms with Crippen LogP contribution < -0.4 is 5.32 Å². The number of nitrogens with one attached hydrogen (secondary N) is 1. The number of benzene rings is 1. The minimum atomic E-state index is 0.527. The normalized spacial score (nSPS) is 22.3. The third-order valence-electron chi connectivity index (χ3n) is 4.25. The molecule has 2 aromatic rings. The molecule has 1 aromatic carbocycles. The van der Waals surface area contributed by atoms with Crippen molar-refractivity contribution in [3.05, 3.63) is 53.1 Å². The highest BCUT2D eigenvalue weighted by Gasteiger charge is 2.27. The summed E-state index contributed by atoms with van der Waals surface area (Å²) >= 11 is 6.00. The molecule has 0 saturated heterocycles. The zero-order valence-corrected chi connectivity index (χ0v) is 12.5. The summed E-state index contributed by atoms with van der Waals surface area (Å²) in [5.74, 6) is 0. The Morgan fingerprint density at radius 2 is 2.30 bits per heavy atom. The van der Waals surface area contributed by atoms with Gasteiger partial charge in [0.25, 0.3) is 0 Å². The lowest BCUT2D eigenvalue weighted by atomic mass is 10.1. The number of halogens is 1. The Morgan fingerprint density at radius 3 is 3.05 bits per heavy atom. The second-order valence-electron chi connectivity index (χ2n) is 5.57. The highest BCUT2D eigenvalue weighted by molar-refractivity contribution is 6.30. The lowest BCUT2D eigenvalue weighted by Crippen LogP contribution is -2.33. The molecule has 1 aliphatic rings. The summed E-state index contributed by atoms with van der Waals surface area (Å²) in [4.78, 5) is 4.16. The first kappa shape index (κ1) is 13.7. The van der Waals surface area contributed by atoms with Gasteiger partial charge in [0.2, 0.25) is 0 Å². The van der Waals surface area contributed by atoms with E-state index in [1.165, 1.54) is 30.4 Å². The van der Waals surface area contributed by atoms with Gasteiger partial charge >= 0.3 is 0 Å². The van der Waals surface area contributed by atoms with Gasteiger partial charge in [-0.3, -0.25) is 0 Å². The minimum Gasteiger partial charge on any atom is -0.333 e. The number of hydrogen-bond acceptors (Lipinski definition) is 2. The Labute approximate surface area is 125 Å². The molecule has 3 rings (SSSR count). The zero-order chi connectivity index (χ0) is 13.9. The van der Waals surface area contributed by atoms with Crippen LogP contribution in [0.25, 0.3) is 0 Å². The Bertz CT molecular complexity index is 565. The topological polar surface area (TPSA) is 29.9 Å². The Balaban J connectivity index is 1.65. The van der Waals surface area contributed by atoms with Crippen molar-refractivity contribution >= 4 is 11.6 Å². The van der Waals surface area contributed by atoms with Crippen LogP contribution in [0.2, 0.25) is 5.02 Å². The zero-order valence-electron chi connectivity index (χ0n) is 11.7. The highest BCUT2D eigenvalue weighted by atomic mass is 35.5. The standard InChI is InChI=1S/C16H20ClN3/c1-12-9-14(17)6-5-13(12)10-19-15-3-2-4-16(15)20-8-7-18-11-20/h5-9,11,15-16,19H,2-4,10H2,1H3. The number of hydrogen-bond donors (Lipinski definition) is 1. The maximum Gasteiger partial charge on any atom is 0.0949 e. The van der Waals surface area contributed by atoms with Crippen LogP contribution in [0.4, 0.5) is 0 Å². The summed E-state index contributed by atoms with van der Waals surface area (Å²) in [5, 5.41) is 4.51. The predicted molar refractivity (Wildman–Crippen MR) is 81.9 cm³/mol. The molecule has 1 aromatic heterocycles. The molecule has 1 aliphatic carbocycles. The first-order valence-corrected chi connectivity index (χ1v) is 7.57. The maximum absolute atomic E-state index is 6.00. The van der Waals surface area contributed by atoms with Crippen molar-refractivity contribution in [3.63, 3.8) is 0 Å². The van der Waals surface area contributed by atoms with Gasteiger partial charge in [-0.2, -0.15) is 0 Å². The van der Waals surface area contributed by atoms with Crippen LogP contribution in [0.5, 0.6) is 0 Å². The third-order valence-corrected chi connectivity index (χ3v) is 4.48. The molecule has 1 fully saturated rings. The third kappa shape index (κ3) is 2.89. The van der Waals surface area contributed by atoms with Crippen LogP contribution >= 0.6 is 11.6 Å². The molecule has 1 saturated carbocycles. The van der Waals surface area contributed by atoms with Gasteiger partial charge in [-0.05, 0) is 49.4 Å². The molecule has 1 N–H and O–H groups in total. The van der Waals surface area contributed by atoms with Crippen molar-refractivity contribution in [2.24, 2.45) is 0 Å². The second kappa shape index (κ2) is 5.98. The SMILES string of the molecule is Cc1cc(Cl)ccc1CNC1CCCC1n1ccnc1. The smallest absolute Gasteiger partial charge is 0.0949 e. The van der Waals surface area contributed by atoms with E-state index in [2.05, 4.69) is 34.1 Å².